The van der Waals surface area contributed by atoms with E-state index in [0.717, 1.165) is 0 Å². The highest BCUT2D eigenvalue weighted by Crippen LogP contribution is 2.57. The van der Waals surface area contributed by atoms with E-state index in [0.29, 0.717) is 72.2 Å². The Morgan fingerprint density at radius 3 is 2.50 bits per heavy atom. The van der Waals surface area contributed by atoms with E-state index in [1.165, 1.54) is 24.6 Å². The van der Waals surface area contributed by atoms with Crippen molar-refractivity contribution in [2.24, 2.45) is 22.7 Å². The van der Waals surface area contributed by atoms with Gasteiger partial charge in [0.1, 0.15) is 23.2 Å². The Hall–Kier alpha value is -4.54. The van der Waals surface area contributed by atoms with E-state index >= 15 is 4.79 Å². The number of rotatable bonds is 15. The smallest absolute Gasteiger partial charge is 0.240 e. The lowest BCUT2D eigenvalue weighted by atomic mass is 9.77. The van der Waals surface area contributed by atoms with Crippen LogP contribution in [0, 0.1) is 22.7 Å². The minimum absolute atomic E-state index is 0.0367. The van der Waals surface area contributed by atoms with E-state index in [1.807, 2.05) is 26.2 Å². The van der Waals surface area contributed by atoms with Gasteiger partial charge < -0.3 is 18.9 Å². The molecule has 5 atom stereocenters. The number of aromatic nitrogens is 3. The van der Waals surface area contributed by atoms with Crippen LogP contribution in [0.5, 0.6) is 11.6 Å². The van der Waals surface area contributed by atoms with Gasteiger partial charge in [0.2, 0.25) is 27.7 Å². The van der Waals surface area contributed by atoms with Gasteiger partial charge >= 0.3 is 0 Å². The highest BCUT2D eigenvalue weighted by atomic mass is 35.5. The first-order chi connectivity index (χ1) is 29.4. The van der Waals surface area contributed by atoms with E-state index in [4.69, 9.17) is 53.8 Å². The van der Waals surface area contributed by atoms with Gasteiger partial charge in [-0.1, -0.05) is 66.8 Å². The van der Waals surface area contributed by atoms with Gasteiger partial charge in [0, 0.05) is 63.0 Å². The van der Waals surface area contributed by atoms with Crippen molar-refractivity contribution in [3.05, 3.63) is 86.8 Å². The summed E-state index contributed by atoms with van der Waals surface area (Å²) in [6.07, 6.45) is 3.69. The Bertz CT molecular complexity index is 2710. The number of fused-ring (bicyclic) bond motifs is 1. The molecule has 4 heterocycles. The van der Waals surface area contributed by atoms with Crippen LogP contribution in [0.3, 0.4) is 0 Å². The fourth-order valence-corrected chi connectivity index (χ4v) is 11.1. The van der Waals surface area contributed by atoms with Crippen molar-refractivity contribution >= 4 is 84.5 Å². The quantitative estimate of drug-likeness (QED) is 0.0994. The summed E-state index contributed by atoms with van der Waals surface area (Å²) in [5.41, 5.74) is -0.222. The number of benzene rings is 2. The molecule has 3 aliphatic rings. The number of ether oxygens (including phenoxy) is 2. The fraction of sp³-hybridized carbons (Fsp3) is 0.409. The lowest BCUT2D eigenvalue weighted by molar-refractivity contribution is -0.144. The zero-order valence-corrected chi connectivity index (χ0v) is 38.2. The number of allylic oxidation sites excluding steroid dienone is 1. The number of nitrogens with zero attached hydrogens (tertiary/aromatic N) is 4. The number of amides is 2. The number of pyridine rings is 1. The molecule has 0 bridgehead atoms. The molecule has 0 spiro atoms. The molecule has 326 valence electrons. The Morgan fingerprint density at radius 2 is 1.82 bits per heavy atom. The number of methoxy groups -OCH3 is 1. The van der Waals surface area contributed by atoms with E-state index in [1.54, 1.807) is 53.4 Å². The summed E-state index contributed by atoms with van der Waals surface area (Å²) in [5.74, 6) is -1.28. The van der Waals surface area contributed by atoms with Crippen LogP contribution in [-0.4, -0.2) is 77.1 Å². The summed E-state index contributed by atoms with van der Waals surface area (Å²) in [6, 6.07) is 11.1. The van der Waals surface area contributed by atoms with E-state index in [2.05, 4.69) is 21.4 Å². The number of Topliss-reactive ketones (excluding diaryl/α,β-unsaturated/α-hetero) is 1. The number of likely N-dealkylation sites (tertiary alicyclic amines) is 1. The Balaban J connectivity index is 1.08. The maximum atomic E-state index is 15.1. The maximum Gasteiger partial charge on any atom is 0.240 e. The lowest BCUT2D eigenvalue weighted by Gasteiger charge is -2.35. The molecule has 2 aromatic carbocycles. The van der Waals surface area contributed by atoms with Crippen LogP contribution in [0.4, 0.5) is 0 Å². The molecule has 62 heavy (non-hydrogen) atoms. The van der Waals surface area contributed by atoms with Gasteiger partial charge in [-0.2, -0.15) is 0 Å². The van der Waals surface area contributed by atoms with Crippen molar-refractivity contribution < 1.29 is 36.8 Å². The fourth-order valence-electron chi connectivity index (χ4n) is 8.20. The average molecular weight is 941 g/mol. The topological polar surface area (TPSA) is 171 Å². The largest absolute Gasteiger partial charge is 0.494 e. The van der Waals surface area contributed by atoms with Gasteiger partial charge in [0.25, 0.3) is 0 Å². The molecule has 0 unspecified atom stereocenters. The third-order valence-corrected chi connectivity index (χ3v) is 15.5. The van der Waals surface area contributed by atoms with Crippen molar-refractivity contribution in [3.8, 4) is 34.3 Å². The molecule has 8 rings (SSSR count). The summed E-state index contributed by atoms with van der Waals surface area (Å²) in [4.78, 5) is 54.4. The van der Waals surface area contributed by atoms with Crippen LogP contribution in [0.1, 0.15) is 57.9 Å². The first-order valence-electron chi connectivity index (χ1n) is 20.1. The first kappa shape index (κ1) is 44.1. The Labute approximate surface area is 378 Å². The third-order valence-electron chi connectivity index (χ3n) is 12.0. The van der Waals surface area contributed by atoms with E-state index < -0.39 is 56.0 Å². The van der Waals surface area contributed by atoms with Gasteiger partial charge in [-0.3, -0.25) is 19.1 Å². The second-order valence-electron chi connectivity index (χ2n) is 17.3. The number of carbonyl (C=O) groups excluding carboxylic acids is 3. The van der Waals surface area contributed by atoms with Gasteiger partial charge in [0.15, 0.2) is 11.5 Å². The number of sulfonamides is 1. The molecule has 13 nitrogen and oxygen atoms in total. The number of thiazole rings is 1. The predicted molar refractivity (Wildman–Crippen MR) is 238 cm³/mol. The molecule has 1 aliphatic heterocycles. The molecule has 1 saturated heterocycles. The predicted octanol–water partition coefficient (Wildman–Crippen LogP) is 9.00. The van der Waals surface area contributed by atoms with Crippen LogP contribution >= 0.6 is 46.1 Å². The monoisotopic (exact) mass is 939 g/mol. The average Bonchev–Trinajstić information content (AvgIpc) is 4.02. The normalized spacial score (nSPS) is 21.7. The molecule has 18 heteroatoms. The summed E-state index contributed by atoms with van der Waals surface area (Å²) >= 11 is 20.3. The van der Waals surface area contributed by atoms with Gasteiger partial charge in [-0.15, -0.1) is 17.9 Å². The molecular weight excluding hydrogens is 897 g/mol. The highest BCUT2D eigenvalue weighted by Gasteiger charge is 2.61. The van der Waals surface area contributed by atoms with Crippen LogP contribution < -0.4 is 14.2 Å². The zero-order chi connectivity index (χ0) is 44.3. The molecule has 1 N–H and O–H groups in total. The molecule has 3 aromatic heterocycles. The van der Waals surface area contributed by atoms with Crippen LogP contribution in [0.2, 0.25) is 15.1 Å². The van der Waals surface area contributed by atoms with Crippen molar-refractivity contribution in [1.29, 1.82) is 0 Å². The van der Waals surface area contributed by atoms with Crippen molar-refractivity contribution in [1.82, 2.24) is 24.7 Å². The summed E-state index contributed by atoms with van der Waals surface area (Å²) < 4.78 is 45.7. The number of hydrogen-bond acceptors (Lipinski definition) is 12. The lowest BCUT2D eigenvalue weighted by Crippen LogP contribution is -2.48. The van der Waals surface area contributed by atoms with Crippen LogP contribution in [-0.2, 0) is 30.8 Å². The molecule has 2 aliphatic carbocycles. The molecule has 2 saturated carbocycles. The van der Waals surface area contributed by atoms with Gasteiger partial charge in [-0.05, 0) is 67.0 Å². The molecule has 3 fully saturated rings. The molecule has 0 radical (unpaired) electrons. The van der Waals surface area contributed by atoms with Gasteiger partial charge in [0.05, 0.1) is 46.6 Å². The van der Waals surface area contributed by atoms with Crippen molar-refractivity contribution in [2.75, 3.05) is 13.7 Å². The number of carbonyl (C=O) groups is 3. The number of halogens is 3. The number of nitrogens with one attached hydrogen (secondary N) is 1. The molecule has 5 aromatic rings. The van der Waals surface area contributed by atoms with Crippen LogP contribution in [0.25, 0.3) is 33.5 Å². The van der Waals surface area contributed by atoms with E-state index in [9.17, 15) is 18.0 Å². The molecule has 2 amide bonds. The maximum absolute atomic E-state index is 15.1. The minimum atomic E-state index is -3.88. The Kier molecular flexibility index (Phi) is 12.0. The van der Waals surface area contributed by atoms with Crippen molar-refractivity contribution in [2.45, 2.75) is 76.7 Å². The third kappa shape index (κ3) is 8.83. The summed E-state index contributed by atoms with van der Waals surface area (Å²) in [7, 11) is -2.34. The SMILES string of the molecule is C=C[C@@H]1C[C@]1(CC(=O)[C@@H]1C[C@@H](Oc2ncc(OC)c3ccc(Cl)cc23)CN1C(=O)[C@@H](Cc1nc(-c2cc(-c3ccc(Cl)cc3Cl)no2)cs1)C(C)(C)C)C(=O)NS(=O)(=O)C1CC1. The molecular formula is C44H44Cl3N5O8S2. The van der Waals surface area contributed by atoms with Crippen LogP contribution in [0.15, 0.2) is 71.2 Å². The number of ketones is 1. The van der Waals surface area contributed by atoms with Crippen molar-refractivity contribution in [3.63, 3.8) is 0 Å². The standard InChI is InChI=1S/C44H44Cl3N5O8S2/c1-6-23-18-44(23,42(55)51-62(56,57)27-9-10-27)19-36(53)35-15-26(59-40-30-13-24(45)7-11-28(30)38(58-5)20-48-40)21-52(35)41(54)31(43(2,3)4)16-39-49-34(22-61-39)37-17-33(50-60-37)29-12-8-25(46)14-32(29)47/h6-8,11-14,17,20,22-23,26-27,31,35H,1,9-10,15-16,18-19,21H2,2-5H3,(H,51,55)/t23-,26-,31-,35+,44-/m1/s1. The second-order valence-corrected chi connectivity index (χ2v) is 21.5. The Morgan fingerprint density at radius 1 is 1.08 bits per heavy atom. The zero-order valence-electron chi connectivity index (χ0n) is 34.3. The second kappa shape index (κ2) is 16.9. The number of hydrogen-bond donors (Lipinski definition) is 1. The minimum Gasteiger partial charge on any atom is -0.494 e. The first-order valence-corrected chi connectivity index (χ1v) is 23.6. The summed E-state index contributed by atoms with van der Waals surface area (Å²) in [6.45, 7) is 9.76. The summed E-state index contributed by atoms with van der Waals surface area (Å²) in [5, 5.41) is 8.73. The van der Waals surface area contributed by atoms with Gasteiger partial charge in [-0.25, -0.2) is 18.4 Å². The highest BCUT2D eigenvalue weighted by molar-refractivity contribution is 7.90. The van der Waals surface area contributed by atoms with E-state index in [-0.39, 0.29) is 49.8 Å².